The summed E-state index contributed by atoms with van der Waals surface area (Å²) in [6, 6.07) is 18.5. The van der Waals surface area contributed by atoms with Crippen LogP contribution in [-0.2, 0) is 10.0 Å². The van der Waals surface area contributed by atoms with E-state index in [2.05, 4.69) is 37.5 Å². The van der Waals surface area contributed by atoms with E-state index in [9.17, 15) is 8.42 Å². The van der Waals surface area contributed by atoms with E-state index in [1.54, 1.807) is 18.2 Å². The van der Waals surface area contributed by atoms with Gasteiger partial charge in [-0.05, 0) is 64.1 Å². The summed E-state index contributed by atoms with van der Waals surface area (Å²) in [4.78, 5) is 4.82. The number of nitrogens with one attached hydrogen (secondary N) is 1. The Hall–Kier alpha value is -2.09. The number of hydrogen-bond donors (Lipinski definition) is 1. The van der Waals surface area contributed by atoms with Crippen LogP contribution in [-0.4, -0.2) is 46.5 Å². The number of rotatable bonds is 4. The fourth-order valence-electron chi connectivity index (χ4n) is 3.41. The molecule has 0 spiro atoms. The lowest BCUT2D eigenvalue weighted by Crippen LogP contribution is -2.44. The number of halogens is 1. The molecular formula is C21H22BrN3O2S. The van der Waals surface area contributed by atoms with Gasteiger partial charge < -0.3 is 9.80 Å². The lowest BCUT2D eigenvalue weighted by atomic mass is 10.1. The molecule has 1 N–H and O–H groups in total. The van der Waals surface area contributed by atoms with Crippen LogP contribution in [0.2, 0.25) is 0 Å². The first-order chi connectivity index (χ1) is 13.4. The molecule has 0 radical (unpaired) electrons. The second kappa shape index (κ2) is 7.73. The van der Waals surface area contributed by atoms with Crippen molar-refractivity contribution >= 4 is 48.1 Å². The van der Waals surface area contributed by atoms with Gasteiger partial charge in [0, 0.05) is 30.7 Å². The van der Waals surface area contributed by atoms with Gasteiger partial charge in [-0.2, -0.15) is 0 Å². The molecule has 0 aromatic heterocycles. The number of benzene rings is 3. The van der Waals surface area contributed by atoms with Crippen molar-refractivity contribution in [3.8, 4) is 0 Å². The topological polar surface area (TPSA) is 52.6 Å². The van der Waals surface area contributed by atoms with Gasteiger partial charge in [-0.1, -0.05) is 30.3 Å². The first-order valence-corrected chi connectivity index (χ1v) is 11.4. The Balaban J connectivity index is 1.61. The standard InChI is InChI=1S/C21H22BrN3O2S/c1-24-10-12-25(13-11-24)21-15-18(7-9-20(21)22)23-28(26,27)19-8-6-16-4-2-3-5-17(16)14-19/h2-9,14-15,23H,10-13H2,1H3. The minimum absolute atomic E-state index is 0.260. The van der Waals surface area contributed by atoms with Gasteiger partial charge in [0.15, 0.2) is 0 Å². The number of anilines is 2. The van der Waals surface area contributed by atoms with Crippen molar-refractivity contribution in [2.75, 3.05) is 42.8 Å². The Kier molecular flexibility index (Phi) is 5.31. The maximum atomic E-state index is 12.9. The molecule has 1 fully saturated rings. The van der Waals surface area contributed by atoms with Crippen molar-refractivity contribution in [1.29, 1.82) is 0 Å². The third-order valence-corrected chi connectivity index (χ3v) is 7.12. The molecule has 7 heteroatoms. The summed E-state index contributed by atoms with van der Waals surface area (Å²) < 4.78 is 29.5. The van der Waals surface area contributed by atoms with Crippen LogP contribution in [0.3, 0.4) is 0 Å². The zero-order chi connectivity index (χ0) is 19.7. The summed E-state index contributed by atoms with van der Waals surface area (Å²) in [7, 11) is -1.55. The molecular weight excluding hydrogens is 438 g/mol. The molecule has 0 bridgehead atoms. The van der Waals surface area contributed by atoms with Gasteiger partial charge in [0.05, 0.1) is 16.3 Å². The summed E-state index contributed by atoms with van der Waals surface area (Å²) in [6.45, 7) is 3.80. The van der Waals surface area contributed by atoms with Crippen LogP contribution >= 0.6 is 15.9 Å². The maximum Gasteiger partial charge on any atom is 0.261 e. The van der Waals surface area contributed by atoms with Crippen LogP contribution < -0.4 is 9.62 Å². The third-order valence-electron chi connectivity index (χ3n) is 5.07. The van der Waals surface area contributed by atoms with Gasteiger partial charge >= 0.3 is 0 Å². The Labute approximate surface area is 174 Å². The van der Waals surface area contributed by atoms with Crippen molar-refractivity contribution < 1.29 is 8.42 Å². The van der Waals surface area contributed by atoms with E-state index >= 15 is 0 Å². The largest absolute Gasteiger partial charge is 0.368 e. The molecule has 146 valence electrons. The van der Waals surface area contributed by atoms with Crippen molar-refractivity contribution in [3.63, 3.8) is 0 Å². The molecule has 0 aliphatic carbocycles. The SMILES string of the molecule is CN1CCN(c2cc(NS(=O)(=O)c3ccc4ccccc4c3)ccc2Br)CC1. The Morgan fingerprint density at radius 1 is 0.893 bits per heavy atom. The molecule has 0 amide bonds. The summed E-state index contributed by atoms with van der Waals surface area (Å²) >= 11 is 3.60. The van der Waals surface area contributed by atoms with E-state index in [4.69, 9.17) is 0 Å². The van der Waals surface area contributed by atoms with E-state index in [0.29, 0.717) is 5.69 Å². The van der Waals surface area contributed by atoms with Crippen molar-refractivity contribution in [2.24, 2.45) is 0 Å². The van der Waals surface area contributed by atoms with Gasteiger partial charge in [-0.25, -0.2) is 8.42 Å². The van der Waals surface area contributed by atoms with E-state index in [-0.39, 0.29) is 4.90 Å². The minimum Gasteiger partial charge on any atom is -0.368 e. The second-order valence-corrected chi connectivity index (χ2v) is 9.61. The molecule has 3 aromatic rings. The zero-order valence-electron chi connectivity index (χ0n) is 15.6. The number of sulfonamides is 1. The number of piperazine rings is 1. The Morgan fingerprint density at radius 2 is 1.61 bits per heavy atom. The third kappa shape index (κ3) is 4.01. The highest BCUT2D eigenvalue weighted by Gasteiger charge is 2.19. The fourth-order valence-corrected chi connectivity index (χ4v) is 5.00. The van der Waals surface area contributed by atoms with Crippen LogP contribution in [0.5, 0.6) is 0 Å². The van der Waals surface area contributed by atoms with E-state index in [0.717, 1.165) is 47.1 Å². The molecule has 3 aromatic carbocycles. The predicted octanol–water partition coefficient (Wildman–Crippen LogP) is 4.15. The van der Waals surface area contributed by atoms with E-state index in [1.165, 1.54) is 0 Å². The summed E-state index contributed by atoms with van der Waals surface area (Å²) in [5.41, 5.74) is 1.57. The van der Waals surface area contributed by atoms with Gasteiger partial charge in [-0.15, -0.1) is 0 Å². The maximum absolute atomic E-state index is 12.9. The molecule has 1 aliphatic rings. The van der Waals surface area contributed by atoms with Gasteiger partial charge in [0.25, 0.3) is 10.0 Å². The van der Waals surface area contributed by atoms with Crippen LogP contribution in [0.25, 0.3) is 10.8 Å². The minimum atomic E-state index is -3.67. The molecule has 0 atom stereocenters. The highest BCUT2D eigenvalue weighted by atomic mass is 79.9. The average Bonchev–Trinajstić information content (AvgIpc) is 2.69. The first-order valence-electron chi connectivity index (χ1n) is 9.17. The molecule has 4 rings (SSSR count). The summed E-state index contributed by atoms with van der Waals surface area (Å²) in [5.74, 6) is 0. The second-order valence-electron chi connectivity index (χ2n) is 7.07. The lowest BCUT2D eigenvalue weighted by Gasteiger charge is -2.34. The molecule has 28 heavy (non-hydrogen) atoms. The fraction of sp³-hybridized carbons (Fsp3) is 0.238. The van der Waals surface area contributed by atoms with E-state index < -0.39 is 10.0 Å². The van der Waals surface area contributed by atoms with Gasteiger partial charge in [-0.3, -0.25) is 4.72 Å². The molecule has 0 unspecified atom stereocenters. The molecule has 1 aliphatic heterocycles. The number of fused-ring (bicyclic) bond motifs is 1. The monoisotopic (exact) mass is 459 g/mol. The number of hydrogen-bond acceptors (Lipinski definition) is 4. The lowest BCUT2D eigenvalue weighted by molar-refractivity contribution is 0.313. The van der Waals surface area contributed by atoms with Crippen LogP contribution in [0, 0.1) is 0 Å². The molecule has 1 saturated heterocycles. The number of nitrogens with zero attached hydrogens (tertiary/aromatic N) is 2. The number of likely N-dealkylation sites (N-methyl/N-ethyl adjacent to an activating group) is 1. The average molecular weight is 460 g/mol. The van der Waals surface area contributed by atoms with Crippen molar-refractivity contribution in [1.82, 2.24) is 4.90 Å². The zero-order valence-corrected chi connectivity index (χ0v) is 18.0. The summed E-state index contributed by atoms with van der Waals surface area (Å²) in [6.07, 6.45) is 0. The normalized spacial score (nSPS) is 15.7. The molecule has 0 saturated carbocycles. The quantitative estimate of drug-likeness (QED) is 0.636. The summed E-state index contributed by atoms with van der Waals surface area (Å²) in [5, 5.41) is 1.92. The van der Waals surface area contributed by atoms with Crippen molar-refractivity contribution in [2.45, 2.75) is 4.90 Å². The van der Waals surface area contributed by atoms with Gasteiger partial charge in [0.1, 0.15) is 0 Å². The Bertz CT molecular complexity index is 1110. The van der Waals surface area contributed by atoms with Crippen LogP contribution in [0.15, 0.2) is 70.0 Å². The first kappa shape index (κ1) is 19.2. The molecule has 1 heterocycles. The van der Waals surface area contributed by atoms with Gasteiger partial charge in [0.2, 0.25) is 0 Å². The van der Waals surface area contributed by atoms with Crippen LogP contribution in [0.1, 0.15) is 0 Å². The highest BCUT2D eigenvalue weighted by Crippen LogP contribution is 2.31. The van der Waals surface area contributed by atoms with Crippen LogP contribution in [0.4, 0.5) is 11.4 Å². The molecule has 5 nitrogen and oxygen atoms in total. The predicted molar refractivity (Wildman–Crippen MR) is 119 cm³/mol. The highest BCUT2D eigenvalue weighted by molar-refractivity contribution is 9.10. The Morgan fingerprint density at radius 3 is 2.36 bits per heavy atom. The van der Waals surface area contributed by atoms with Crippen molar-refractivity contribution in [3.05, 3.63) is 65.1 Å². The smallest absolute Gasteiger partial charge is 0.261 e. The van der Waals surface area contributed by atoms with E-state index in [1.807, 2.05) is 42.5 Å².